The number of hydrogen-bond acceptors (Lipinski definition) is 0. The van der Waals surface area contributed by atoms with E-state index in [1.807, 2.05) is 0 Å². The fraction of sp³-hybridized carbons (Fsp3) is 0.364. The highest BCUT2D eigenvalue weighted by Gasteiger charge is 2.35. The summed E-state index contributed by atoms with van der Waals surface area (Å²) in [4.78, 5) is 0. The van der Waals surface area contributed by atoms with Gasteiger partial charge in [-0.15, -0.1) is 0 Å². The number of allylic oxidation sites excluding steroid dienone is 4. The van der Waals surface area contributed by atoms with Crippen LogP contribution in [0, 0.1) is 41.5 Å². The van der Waals surface area contributed by atoms with E-state index in [1.54, 1.807) is 0 Å². The lowest BCUT2D eigenvalue weighted by Gasteiger charge is -2.32. The second kappa shape index (κ2) is 10.5. The first-order chi connectivity index (χ1) is 20.6. The zero-order valence-electron chi connectivity index (χ0n) is 29.1. The maximum atomic E-state index is 2.58. The molecule has 2 aliphatic rings. The monoisotopic (exact) mass is 578 g/mol. The van der Waals surface area contributed by atoms with Gasteiger partial charge in [0.25, 0.3) is 0 Å². The smallest absolute Gasteiger partial charge is 0.0214 e. The van der Waals surface area contributed by atoms with E-state index < -0.39 is 0 Å². The summed E-state index contributed by atoms with van der Waals surface area (Å²) < 4.78 is 0. The van der Waals surface area contributed by atoms with Crippen molar-refractivity contribution in [1.29, 1.82) is 0 Å². The summed E-state index contributed by atoms with van der Waals surface area (Å²) in [6.45, 7) is 28.0. The fourth-order valence-electron chi connectivity index (χ4n) is 8.45. The van der Waals surface area contributed by atoms with Crippen molar-refractivity contribution in [3.05, 3.63) is 128 Å². The molecule has 0 aromatic heterocycles. The Morgan fingerprint density at radius 3 is 1.45 bits per heavy atom. The Bertz CT molecular complexity index is 1830. The minimum absolute atomic E-state index is 0.00707. The van der Waals surface area contributed by atoms with Crippen molar-refractivity contribution in [2.75, 3.05) is 0 Å². The van der Waals surface area contributed by atoms with Crippen molar-refractivity contribution >= 4 is 0 Å². The number of rotatable bonds is 3. The van der Waals surface area contributed by atoms with Crippen LogP contribution in [0.1, 0.15) is 109 Å². The molecule has 2 aliphatic carbocycles. The Hall–Kier alpha value is -3.64. The van der Waals surface area contributed by atoms with Crippen LogP contribution in [-0.2, 0) is 17.3 Å². The lowest BCUT2D eigenvalue weighted by molar-refractivity contribution is 0.584. The standard InChI is InChI=1S/C44H50/c1-25-17-27(3)38(28(4)18-25)35-22-32-21-33-23-36(39-29(5)19-26(2)20-30(39)6)42(44(10,11)12)41(31-15-13-14-16-31)40(33)34(32)24-37(35)43(7,8)9/h13-20,22-24,31H,21H2,1-12H3. The summed E-state index contributed by atoms with van der Waals surface area (Å²) in [5.41, 5.74) is 24.1. The number of benzene rings is 4. The molecule has 0 unspecified atom stereocenters. The maximum absolute atomic E-state index is 2.58. The van der Waals surface area contributed by atoms with Gasteiger partial charge in [0.1, 0.15) is 0 Å². The van der Waals surface area contributed by atoms with Crippen LogP contribution in [-0.4, -0.2) is 0 Å². The average molecular weight is 579 g/mol. The van der Waals surface area contributed by atoms with Crippen LogP contribution < -0.4 is 0 Å². The molecule has 0 saturated heterocycles. The molecule has 0 nitrogen and oxygen atoms in total. The molecule has 0 bridgehead atoms. The summed E-state index contributed by atoms with van der Waals surface area (Å²) in [6, 6.07) is 17.1. The third kappa shape index (κ3) is 5.01. The molecule has 0 radical (unpaired) electrons. The van der Waals surface area contributed by atoms with E-state index in [4.69, 9.17) is 0 Å². The zero-order valence-corrected chi connectivity index (χ0v) is 29.1. The zero-order chi connectivity index (χ0) is 31.9. The van der Waals surface area contributed by atoms with E-state index in [2.05, 4.69) is 150 Å². The molecular formula is C44H50. The lowest BCUT2D eigenvalue weighted by atomic mass is 9.71. The molecule has 4 aromatic carbocycles. The Balaban J connectivity index is 1.72. The highest BCUT2D eigenvalue weighted by Crippen LogP contribution is 2.53. The van der Waals surface area contributed by atoms with E-state index in [0.29, 0.717) is 0 Å². The van der Waals surface area contributed by atoms with Gasteiger partial charge in [-0.05, 0) is 160 Å². The summed E-state index contributed by atoms with van der Waals surface area (Å²) in [5, 5.41) is 0. The largest absolute Gasteiger partial charge is 0.0732 e. The predicted molar refractivity (Wildman–Crippen MR) is 192 cm³/mol. The molecule has 0 amide bonds. The summed E-state index contributed by atoms with van der Waals surface area (Å²) in [5.74, 6) is 0.272. The summed E-state index contributed by atoms with van der Waals surface area (Å²) >= 11 is 0. The number of fused-ring (bicyclic) bond motifs is 3. The highest BCUT2D eigenvalue weighted by atomic mass is 14.4. The minimum Gasteiger partial charge on any atom is -0.0732 e. The van der Waals surface area contributed by atoms with Crippen LogP contribution in [0.15, 0.2) is 66.8 Å². The molecule has 0 heteroatoms. The molecule has 0 atom stereocenters. The molecule has 0 N–H and O–H groups in total. The van der Waals surface area contributed by atoms with E-state index in [-0.39, 0.29) is 16.7 Å². The second-order valence-electron chi connectivity index (χ2n) is 15.8. The third-order valence-corrected chi connectivity index (χ3v) is 9.87. The Morgan fingerprint density at radius 1 is 0.500 bits per heavy atom. The number of hydrogen-bond donors (Lipinski definition) is 0. The SMILES string of the molecule is Cc1cc(C)c(-c2cc3c(cc2C(C)(C)C)-c2c(cc(-c4c(C)cc(C)cc4C)c(C(C)(C)C)c2C2C=CC=C2)C3)c(C)c1. The van der Waals surface area contributed by atoms with Gasteiger partial charge in [-0.25, -0.2) is 0 Å². The van der Waals surface area contributed by atoms with Gasteiger partial charge >= 0.3 is 0 Å². The molecule has 0 fully saturated rings. The first-order valence-electron chi connectivity index (χ1n) is 16.5. The molecule has 44 heavy (non-hydrogen) atoms. The van der Waals surface area contributed by atoms with Gasteiger partial charge in [0.05, 0.1) is 0 Å². The highest BCUT2D eigenvalue weighted by molar-refractivity contribution is 5.91. The van der Waals surface area contributed by atoms with Crippen molar-refractivity contribution in [3.63, 3.8) is 0 Å². The molecule has 4 aromatic rings. The maximum Gasteiger partial charge on any atom is 0.0214 e. The van der Waals surface area contributed by atoms with Crippen LogP contribution in [0.25, 0.3) is 33.4 Å². The van der Waals surface area contributed by atoms with Crippen LogP contribution >= 0.6 is 0 Å². The Kier molecular flexibility index (Phi) is 7.23. The van der Waals surface area contributed by atoms with E-state index in [1.165, 1.54) is 94.6 Å². The third-order valence-electron chi connectivity index (χ3n) is 9.87. The van der Waals surface area contributed by atoms with Gasteiger partial charge in [-0.1, -0.05) is 101 Å². The molecule has 0 saturated carbocycles. The minimum atomic E-state index is -0.0284. The first-order valence-corrected chi connectivity index (χ1v) is 16.5. The van der Waals surface area contributed by atoms with Gasteiger partial charge in [0.15, 0.2) is 0 Å². The predicted octanol–water partition coefficient (Wildman–Crippen LogP) is 12.2. The molecule has 0 spiro atoms. The van der Waals surface area contributed by atoms with E-state index in [9.17, 15) is 0 Å². The molecule has 0 aliphatic heterocycles. The van der Waals surface area contributed by atoms with Gasteiger partial charge in [0.2, 0.25) is 0 Å². The van der Waals surface area contributed by atoms with Crippen molar-refractivity contribution in [3.8, 4) is 33.4 Å². The topological polar surface area (TPSA) is 0 Å². The van der Waals surface area contributed by atoms with Gasteiger partial charge in [-0.2, -0.15) is 0 Å². The normalized spacial score (nSPS) is 14.5. The fourth-order valence-corrected chi connectivity index (χ4v) is 8.45. The average Bonchev–Trinajstić information content (AvgIpc) is 3.53. The van der Waals surface area contributed by atoms with E-state index in [0.717, 1.165) is 6.42 Å². The van der Waals surface area contributed by atoms with Crippen LogP contribution in [0.3, 0.4) is 0 Å². The molecule has 226 valence electrons. The van der Waals surface area contributed by atoms with Crippen LogP contribution in [0.4, 0.5) is 0 Å². The van der Waals surface area contributed by atoms with Crippen LogP contribution in [0.2, 0.25) is 0 Å². The van der Waals surface area contributed by atoms with Gasteiger partial charge < -0.3 is 0 Å². The first kappa shape index (κ1) is 30.4. The van der Waals surface area contributed by atoms with Crippen LogP contribution in [0.5, 0.6) is 0 Å². The van der Waals surface area contributed by atoms with E-state index >= 15 is 0 Å². The molecule has 6 rings (SSSR count). The second-order valence-corrected chi connectivity index (χ2v) is 15.8. The summed E-state index contributed by atoms with van der Waals surface area (Å²) in [6.07, 6.45) is 10.3. The Labute approximate surface area is 267 Å². The number of aryl methyl sites for hydroxylation is 6. The Morgan fingerprint density at radius 2 is 0.977 bits per heavy atom. The summed E-state index contributed by atoms with van der Waals surface area (Å²) in [7, 11) is 0. The van der Waals surface area contributed by atoms with Crippen molar-refractivity contribution in [2.24, 2.45) is 0 Å². The molecule has 0 heterocycles. The van der Waals surface area contributed by atoms with Crippen molar-refractivity contribution in [2.45, 2.75) is 106 Å². The van der Waals surface area contributed by atoms with Gasteiger partial charge in [0, 0.05) is 5.92 Å². The molecular weight excluding hydrogens is 528 g/mol. The van der Waals surface area contributed by atoms with Gasteiger partial charge in [-0.3, -0.25) is 0 Å². The quantitative estimate of drug-likeness (QED) is 0.200. The lowest BCUT2D eigenvalue weighted by Crippen LogP contribution is -2.19. The van der Waals surface area contributed by atoms with Crippen molar-refractivity contribution in [1.82, 2.24) is 0 Å². The van der Waals surface area contributed by atoms with Crippen molar-refractivity contribution < 1.29 is 0 Å².